The van der Waals surface area contributed by atoms with E-state index in [0.29, 0.717) is 26.0 Å². The van der Waals surface area contributed by atoms with Crippen LogP contribution in [0.5, 0.6) is 0 Å². The Kier molecular flexibility index (Phi) is 7.25. The van der Waals surface area contributed by atoms with E-state index in [1.807, 2.05) is 6.92 Å². The van der Waals surface area contributed by atoms with Gasteiger partial charge in [-0.25, -0.2) is 4.79 Å². The van der Waals surface area contributed by atoms with Gasteiger partial charge in [-0.3, -0.25) is 4.79 Å². The summed E-state index contributed by atoms with van der Waals surface area (Å²) in [4.78, 5) is 21.8. The first-order valence-electron chi connectivity index (χ1n) is 6.92. The molecule has 0 radical (unpaired) electrons. The summed E-state index contributed by atoms with van der Waals surface area (Å²) in [6.07, 6.45) is 3.91. The van der Waals surface area contributed by atoms with E-state index in [2.05, 4.69) is 10.6 Å². The third-order valence-corrected chi connectivity index (χ3v) is 2.99. The second-order valence-corrected chi connectivity index (χ2v) is 5.11. The number of carbonyl (C=O) groups excluding carboxylic acids is 1. The number of carboxylic acids is 1. The predicted molar refractivity (Wildman–Crippen MR) is 71.0 cm³/mol. The van der Waals surface area contributed by atoms with E-state index in [0.717, 1.165) is 12.5 Å². The third kappa shape index (κ3) is 9.30. The molecule has 0 aromatic heterocycles. The number of ether oxygens (including phenoxy) is 1. The number of aliphatic carboxylic acids is 1. The van der Waals surface area contributed by atoms with Gasteiger partial charge >= 0.3 is 12.0 Å². The van der Waals surface area contributed by atoms with Crippen LogP contribution in [0.4, 0.5) is 4.79 Å². The first-order chi connectivity index (χ1) is 9.08. The largest absolute Gasteiger partial charge is 0.481 e. The zero-order chi connectivity index (χ0) is 14.1. The van der Waals surface area contributed by atoms with E-state index in [1.54, 1.807) is 0 Å². The van der Waals surface area contributed by atoms with Crippen molar-refractivity contribution in [1.29, 1.82) is 0 Å². The molecule has 1 aliphatic rings. The van der Waals surface area contributed by atoms with E-state index in [-0.39, 0.29) is 18.5 Å². The first-order valence-corrected chi connectivity index (χ1v) is 6.92. The normalized spacial score (nSPS) is 15.8. The zero-order valence-electron chi connectivity index (χ0n) is 11.5. The van der Waals surface area contributed by atoms with Crippen LogP contribution in [0, 0.1) is 5.92 Å². The van der Waals surface area contributed by atoms with Crippen molar-refractivity contribution < 1.29 is 19.4 Å². The number of hydrogen-bond donors (Lipinski definition) is 3. The molecule has 1 unspecified atom stereocenters. The molecule has 3 N–H and O–H groups in total. The maximum absolute atomic E-state index is 11.5. The Balaban J connectivity index is 1.91. The van der Waals surface area contributed by atoms with Crippen molar-refractivity contribution in [2.24, 2.45) is 5.92 Å². The number of carboxylic acid groups (broad SMARTS) is 1. The highest BCUT2D eigenvalue weighted by atomic mass is 16.5. The Morgan fingerprint density at radius 1 is 1.42 bits per heavy atom. The molecule has 0 saturated heterocycles. The van der Waals surface area contributed by atoms with Gasteiger partial charge in [-0.1, -0.05) is 0 Å². The lowest BCUT2D eigenvalue weighted by molar-refractivity contribution is -0.137. The number of hydrogen-bond acceptors (Lipinski definition) is 3. The summed E-state index contributed by atoms with van der Waals surface area (Å²) in [5.74, 6) is -0.0625. The van der Waals surface area contributed by atoms with Crippen LogP contribution >= 0.6 is 0 Å². The molecule has 0 aromatic carbocycles. The van der Waals surface area contributed by atoms with Crippen molar-refractivity contribution in [3.63, 3.8) is 0 Å². The van der Waals surface area contributed by atoms with Gasteiger partial charge in [-0.05, 0) is 38.5 Å². The van der Waals surface area contributed by atoms with Crippen LogP contribution in [0.25, 0.3) is 0 Å². The highest BCUT2D eigenvalue weighted by Gasteiger charge is 2.20. The van der Waals surface area contributed by atoms with Gasteiger partial charge < -0.3 is 20.5 Å². The molecule has 1 fully saturated rings. The molecule has 1 atom stereocenters. The molecular weight excluding hydrogens is 248 g/mol. The van der Waals surface area contributed by atoms with E-state index in [1.165, 1.54) is 12.8 Å². The Bertz CT molecular complexity index is 292. The van der Waals surface area contributed by atoms with E-state index < -0.39 is 5.97 Å². The number of carbonyl (C=O) groups is 2. The Hall–Kier alpha value is -1.30. The Morgan fingerprint density at radius 2 is 2.16 bits per heavy atom. The lowest BCUT2D eigenvalue weighted by Crippen LogP contribution is -2.42. The lowest BCUT2D eigenvalue weighted by Gasteiger charge is -2.14. The van der Waals surface area contributed by atoms with Gasteiger partial charge in [0.2, 0.25) is 0 Å². The first kappa shape index (κ1) is 15.8. The molecule has 19 heavy (non-hydrogen) atoms. The minimum absolute atomic E-state index is 0.0215. The van der Waals surface area contributed by atoms with Crippen molar-refractivity contribution in [3.05, 3.63) is 0 Å². The van der Waals surface area contributed by atoms with Gasteiger partial charge in [-0.2, -0.15) is 0 Å². The summed E-state index contributed by atoms with van der Waals surface area (Å²) < 4.78 is 5.40. The van der Waals surface area contributed by atoms with Crippen molar-refractivity contribution in [2.75, 3.05) is 19.8 Å². The van der Waals surface area contributed by atoms with E-state index in [4.69, 9.17) is 9.84 Å². The monoisotopic (exact) mass is 272 g/mol. The number of amides is 2. The fourth-order valence-electron chi connectivity index (χ4n) is 1.68. The highest BCUT2D eigenvalue weighted by molar-refractivity contribution is 5.74. The molecule has 0 aromatic rings. The molecule has 0 bridgehead atoms. The summed E-state index contributed by atoms with van der Waals surface area (Å²) in [5.41, 5.74) is 0. The van der Waals surface area contributed by atoms with Gasteiger partial charge in [0, 0.05) is 25.6 Å². The van der Waals surface area contributed by atoms with Crippen molar-refractivity contribution in [1.82, 2.24) is 10.6 Å². The van der Waals surface area contributed by atoms with Gasteiger partial charge in [0.1, 0.15) is 0 Å². The van der Waals surface area contributed by atoms with Gasteiger partial charge in [0.25, 0.3) is 0 Å². The zero-order valence-corrected chi connectivity index (χ0v) is 11.5. The van der Waals surface area contributed by atoms with Gasteiger partial charge in [-0.15, -0.1) is 0 Å². The number of urea groups is 1. The summed E-state index contributed by atoms with van der Waals surface area (Å²) in [7, 11) is 0. The van der Waals surface area contributed by atoms with E-state index >= 15 is 0 Å². The average Bonchev–Trinajstić information content (AvgIpc) is 3.11. The van der Waals surface area contributed by atoms with Crippen molar-refractivity contribution in [3.8, 4) is 0 Å². The molecule has 0 spiro atoms. The molecule has 0 aliphatic heterocycles. The fourth-order valence-corrected chi connectivity index (χ4v) is 1.68. The van der Waals surface area contributed by atoms with Crippen LogP contribution in [0.1, 0.15) is 39.0 Å². The minimum atomic E-state index is -0.801. The molecule has 6 heteroatoms. The van der Waals surface area contributed by atoms with Crippen LogP contribution < -0.4 is 10.6 Å². The standard InChI is InChI=1S/C13H24N2O4/c1-10(3-2-4-12(16)17)15-13(18)14-7-8-19-9-11-5-6-11/h10-11H,2-9H2,1H3,(H,16,17)(H2,14,15,18). The fraction of sp³-hybridized carbons (Fsp3) is 0.846. The molecule has 1 saturated carbocycles. The predicted octanol–water partition coefficient (Wildman–Crippen LogP) is 1.36. The van der Waals surface area contributed by atoms with Crippen LogP contribution in [-0.4, -0.2) is 42.9 Å². The van der Waals surface area contributed by atoms with Crippen LogP contribution in [-0.2, 0) is 9.53 Å². The molecule has 1 rings (SSSR count). The summed E-state index contributed by atoms with van der Waals surface area (Å²) in [5, 5.41) is 14.0. The maximum Gasteiger partial charge on any atom is 0.315 e. The van der Waals surface area contributed by atoms with E-state index in [9.17, 15) is 9.59 Å². The molecule has 1 aliphatic carbocycles. The van der Waals surface area contributed by atoms with Crippen LogP contribution in [0.2, 0.25) is 0 Å². The molecule has 2 amide bonds. The quantitative estimate of drug-likeness (QED) is 0.524. The Labute approximate surface area is 113 Å². The topological polar surface area (TPSA) is 87.7 Å². The molecule has 6 nitrogen and oxygen atoms in total. The van der Waals surface area contributed by atoms with Crippen molar-refractivity contribution in [2.45, 2.75) is 45.1 Å². The highest BCUT2D eigenvalue weighted by Crippen LogP contribution is 2.28. The van der Waals surface area contributed by atoms with Gasteiger partial charge in [0.05, 0.1) is 6.61 Å². The average molecular weight is 272 g/mol. The SMILES string of the molecule is CC(CCCC(=O)O)NC(=O)NCCOCC1CC1. The number of nitrogens with one attached hydrogen (secondary N) is 2. The van der Waals surface area contributed by atoms with Crippen molar-refractivity contribution >= 4 is 12.0 Å². The summed E-state index contributed by atoms with van der Waals surface area (Å²) in [6, 6.07) is -0.246. The number of rotatable bonds is 10. The molecular formula is C13H24N2O4. The van der Waals surface area contributed by atoms with Crippen LogP contribution in [0.3, 0.4) is 0 Å². The smallest absolute Gasteiger partial charge is 0.315 e. The lowest BCUT2D eigenvalue weighted by atomic mass is 10.1. The second-order valence-electron chi connectivity index (χ2n) is 5.11. The van der Waals surface area contributed by atoms with Crippen LogP contribution in [0.15, 0.2) is 0 Å². The molecule has 0 heterocycles. The molecule has 110 valence electrons. The van der Waals surface area contributed by atoms with Gasteiger partial charge in [0.15, 0.2) is 0 Å². The second kappa shape index (κ2) is 8.74. The third-order valence-electron chi connectivity index (χ3n) is 2.99. The minimum Gasteiger partial charge on any atom is -0.481 e. The summed E-state index contributed by atoms with van der Waals surface area (Å²) in [6.45, 7) is 3.71. The maximum atomic E-state index is 11.5. The Morgan fingerprint density at radius 3 is 2.79 bits per heavy atom. The summed E-state index contributed by atoms with van der Waals surface area (Å²) >= 11 is 0.